The van der Waals surface area contributed by atoms with Gasteiger partial charge in [0.2, 0.25) is 0 Å². The first-order valence-corrected chi connectivity index (χ1v) is 9.09. The number of fused-ring (bicyclic) bond motifs is 1. The number of rotatable bonds is 6. The fourth-order valence-corrected chi connectivity index (χ4v) is 3.16. The normalized spacial score (nSPS) is 11.3. The Bertz CT molecular complexity index is 883. The molecule has 0 unspecified atom stereocenters. The van der Waals surface area contributed by atoms with Crippen molar-refractivity contribution in [3.05, 3.63) is 65.1 Å². The molecule has 5 nitrogen and oxygen atoms in total. The monoisotopic (exact) mass is 477 g/mol. The van der Waals surface area contributed by atoms with Crippen molar-refractivity contribution in [1.29, 1.82) is 0 Å². The highest BCUT2D eigenvalue weighted by molar-refractivity contribution is 14.0. The van der Waals surface area contributed by atoms with Gasteiger partial charge in [0.1, 0.15) is 0 Å². The van der Waals surface area contributed by atoms with Crippen molar-refractivity contribution in [2.45, 2.75) is 26.7 Å². The molecule has 0 amide bonds. The lowest BCUT2D eigenvalue weighted by atomic mass is 10.1. The summed E-state index contributed by atoms with van der Waals surface area (Å²) in [5.74, 6) is 0.835. The molecule has 3 rings (SSSR count). The van der Waals surface area contributed by atoms with E-state index in [0.717, 1.165) is 37.6 Å². The van der Waals surface area contributed by atoms with Crippen LogP contribution in [0.2, 0.25) is 0 Å². The summed E-state index contributed by atoms with van der Waals surface area (Å²) < 4.78 is 0. The summed E-state index contributed by atoms with van der Waals surface area (Å²) in [5.41, 5.74) is 6.13. The van der Waals surface area contributed by atoms with Gasteiger partial charge in [-0.3, -0.25) is 9.98 Å². The third-order valence-corrected chi connectivity index (χ3v) is 4.58. The number of hydrogen-bond donors (Lipinski definition) is 3. The second-order valence-corrected chi connectivity index (χ2v) is 6.54. The van der Waals surface area contributed by atoms with Gasteiger partial charge in [-0.1, -0.05) is 18.2 Å². The maximum absolute atomic E-state index is 4.33. The smallest absolute Gasteiger partial charge is 0.190 e. The highest BCUT2D eigenvalue weighted by Gasteiger charge is 2.06. The highest BCUT2D eigenvalue weighted by Crippen LogP contribution is 2.22. The molecule has 0 aliphatic carbocycles. The summed E-state index contributed by atoms with van der Waals surface area (Å²) >= 11 is 0. The zero-order valence-electron chi connectivity index (χ0n) is 16.2. The van der Waals surface area contributed by atoms with Crippen LogP contribution >= 0.6 is 24.0 Å². The molecule has 6 heteroatoms. The Morgan fingerprint density at radius 2 is 1.85 bits per heavy atom. The van der Waals surface area contributed by atoms with E-state index in [1.165, 1.54) is 27.6 Å². The first kappa shape index (κ1) is 21.2. The molecule has 0 atom stereocenters. The lowest BCUT2D eigenvalue weighted by molar-refractivity contribution is 0.784. The molecule has 2 heterocycles. The summed E-state index contributed by atoms with van der Waals surface area (Å²) in [4.78, 5) is 12.0. The van der Waals surface area contributed by atoms with Gasteiger partial charge in [0.15, 0.2) is 5.96 Å². The molecular weight excluding hydrogens is 449 g/mol. The fourth-order valence-electron chi connectivity index (χ4n) is 3.16. The fraction of sp³-hybridized carbons (Fsp3) is 0.333. The minimum absolute atomic E-state index is 0. The van der Waals surface area contributed by atoms with Crippen LogP contribution in [0, 0.1) is 13.8 Å². The van der Waals surface area contributed by atoms with Crippen molar-refractivity contribution in [2.75, 3.05) is 20.1 Å². The van der Waals surface area contributed by atoms with Gasteiger partial charge in [0, 0.05) is 49.1 Å². The SMILES string of the molecule is CN=C(NCCc1ccc(C)nc1)NCCc1c[nH]c2cccc(C)c12.I. The largest absolute Gasteiger partial charge is 0.361 e. The summed E-state index contributed by atoms with van der Waals surface area (Å²) in [6.45, 7) is 5.83. The predicted molar refractivity (Wildman–Crippen MR) is 124 cm³/mol. The standard InChI is InChI=1S/C21H27N5.HI/c1-15-5-4-6-19-20(15)18(14-26-19)10-12-24-21(22-3)23-11-9-17-8-7-16(2)25-13-17;/h4-8,13-14,26H,9-12H2,1-3H3,(H2,22,23,24);1H. The topological polar surface area (TPSA) is 65.1 Å². The summed E-state index contributed by atoms with van der Waals surface area (Å²) in [6.07, 6.45) is 5.93. The Kier molecular flexibility index (Phi) is 8.09. The van der Waals surface area contributed by atoms with Gasteiger partial charge in [-0.05, 0) is 55.5 Å². The van der Waals surface area contributed by atoms with Gasteiger partial charge in [0.05, 0.1) is 0 Å². The molecule has 27 heavy (non-hydrogen) atoms. The van der Waals surface area contributed by atoms with E-state index in [9.17, 15) is 0 Å². The Hall–Kier alpha value is -2.09. The first-order valence-electron chi connectivity index (χ1n) is 9.09. The van der Waals surface area contributed by atoms with Gasteiger partial charge in [-0.2, -0.15) is 0 Å². The van der Waals surface area contributed by atoms with Crippen LogP contribution in [0.5, 0.6) is 0 Å². The van der Waals surface area contributed by atoms with Crippen molar-refractivity contribution in [3.8, 4) is 0 Å². The van der Waals surface area contributed by atoms with Crippen LogP contribution < -0.4 is 10.6 Å². The second-order valence-electron chi connectivity index (χ2n) is 6.54. The molecule has 0 spiro atoms. The number of aliphatic imine (C=N–C) groups is 1. The van der Waals surface area contributed by atoms with Crippen LogP contribution in [0.1, 0.15) is 22.4 Å². The van der Waals surface area contributed by atoms with Crippen LogP contribution in [-0.2, 0) is 12.8 Å². The van der Waals surface area contributed by atoms with Gasteiger partial charge >= 0.3 is 0 Å². The number of aryl methyl sites for hydroxylation is 2. The number of guanidine groups is 1. The molecule has 0 saturated heterocycles. The average Bonchev–Trinajstić information content (AvgIpc) is 3.06. The highest BCUT2D eigenvalue weighted by atomic mass is 127. The number of aromatic nitrogens is 2. The quantitative estimate of drug-likeness (QED) is 0.288. The molecule has 0 aliphatic rings. The number of halogens is 1. The average molecular weight is 477 g/mol. The van der Waals surface area contributed by atoms with Crippen LogP contribution in [0.25, 0.3) is 10.9 Å². The van der Waals surface area contributed by atoms with Crippen molar-refractivity contribution in [2.24, 2.45) is 4.99 Å². The Morgan fingerprint density at radius 1 is 1.07 bits per heavy atom. The molecule has 0 fully saturated rings. The van der Waals surface area contributed by atoms with E-state index >= 15 is 0 Å². The minimum Gasteiger partial charge on any atom is -0.361 e. The van der Waals surface area contributed by atoms with E-state index < -0.39 is 0 Å². The molecule has 0 saturated carbocycles. The predicted octanol–water partition coefficient (Wildman–Crippen LogP) is 3.75. The van der Waals surface area contributed by atoms with Crippen LogP contribution in [-0.4, -0.2) is 36.1 Å². The lowest BCUT2D eigenvalue weighted by Crippen LogP contribution is -2.39. The number of nitrogens with one attached hydrogen (secondary N) is 3. The maximum atomic E-state index is 4.33. The van der Waals surface area contributed by atoms with E-state index in [0.29, 0.717) is 0 Å². The second kappa shape index (κ2) is 10.3. The Labute approximate surface area is 178 Å². The van der Waals surface area contributed by atoms with Gasteiger partial charge in [-0.25, -0.2) is 0 Å². The van der Waals surface area contributed by atoms with Crippen LogP contribution in [0.15, 0.2) is 47.7 Å². The number of pyridine rings is 1. The number of nitrogens with zero attached hydrogens (tertiary/aromatic N) is 2. The minimum atomic E-state index is 0. The van der Waals surface area contributed by atoms with Crippen molar-refractivity contribution >= 4 is 40.8 Å². The number of H-pyrrole nitrogens is 1. The molecular formula is C21H28IN5. The summed E-state index contributed by atoms with van der Waals surface area (Å²) in [6, 6.07) is 10.5. The Balaban J connectivity index is 0.00000261. The van der Waals surface area contributed by atoms with Crippen LogP contribution in [0.3, 0.4) is 0 Å². The number of hydrogen-bond acceptors (Lipinski definition) is 2. The molecule has 0 radical (unpaired) electrons. The van der Waals surface area contributed by atoms with Crippen molar-refractivity contribution < 1.29 is 0 Å². The molecule has 0 aliphatic heterocycles. The van der Waals surface area contributed by atoms with Crippen molar-refractivity contribution in [1.82, 2.24) is 20.6 Å². The van der Waals surface area contributed by atoms with Gasteiger partial charge in [0.25, 0.3) is 0 Å². The van der Waals surface area contributed by atoms with E-state index in [1.807, 2.05) is 19.2 Å². The van der Waals surface area contributed by atoms with E-state index in [4.69, 9.17) is 0 Å². The maximum Gasteiger partial charge on any atom is 0.190 e. The number of aromatic amines is 1. The molecule has 144 valence electrons. The van der Waals surface area contributed by atoms with Crippen LogP contribution in [0.4, 0.5) is 0 Å². The molecule has 3 N–H and O–H groups in total. The van der Waals surface area contributed by atoms with E-state index in [1.54, 1.807) is 7.05 Å². The third kappa shape index (κ3) is 5.69. The molecule has 0 bridgehead atoms. The number of benzene rings is 1. The van der Waals surface area contributed by atoms with Gasteiger partial charge < -0.3 is 15.6 Å². The summed E-state index contributed by atoms with van der Waals surface area (Å²) in [5, 5.41) is 8.10. The van der Waals surface area contributed by atoms with Gasteiger partial charge in [-0.15, -0.1) is 24.0 Å². The summed E-state index contributed by atoms with van der Waals surface area (Å²) in [7, 11) is 1.80. The van der Waals surface area contributed by atoms with E-state index in [-0.39, 0.29) is 24.0 Å². The third-order valence-electron chi connectivity index (χ3n) is 4.58. The van der Waals surface area contributed by atoms with Crippen molar-refractivity contribution in [3.63, 3.8) is 0 Å². The zero-order valence-corrected chi connectivity index (χ0v) is 18.5. The Morgan fingerprint density at radius 3 is 2.56 bits per heavy atom. The molecule has 2 aromatic heterocycles. The molecule has 3 aromatic rings. The first-order chi connectivity index (χ1) is 12.7. The van der Waals surface area contributed by atoms with E-state index in [2.05, 4.69) is 63.0 Å². The zero-order chi connectivity index (χ0) is 18.4. The lowest BCUT2D eigenvalue weighted by Gasteiger charge is -2.12. The molecule has 1 aromatic carbocycles.